The lowest BCUT2D eigenvalue weighted by Crippen LogP contribution is -2.15. The van der Waals surface area contributed by atoms with Crippen LogP contribution in [0.4, 0.5) is 0 Å². The van der Waals surface area contributed by atoms with Crippen LogP contribution in [0.3, 0.4) is 0 Å². The van der Waals surface area contributed by atoms with E-state index in [1.165, 1.54) is 5.56 Å². The smallest absolute Gasteiger partial charge is 0.163 e. The summed E-state index contributed by atoms with van der Waals surface area (Å²) in [6, 6.07) is 7.93. The quantitative estimate of drug-likeness (QED) is 0.812. The number of carbonyl (C=O) groups is 1. The van der Waals surface area contributed by atoms with Crippen molar-refractivity contribution in [2.75, 3.05) is 6.54 Å². The van der Waals surface area contributed by atoms with Crippen LogP contribution in [0.5, 0.6) is 0 Å². The van der Waals surface area contributed by atoms with E-state index in [1.54, 1.807) is 0 Å². The SMILES string of the molecule is CC(CN)CC(=O)c1ccc(C(C)(C)C)cc1. The summed E-state index contributed by atoms with van der Waals surface area (Å²) in [5.74, 6) is 0.438. The summed E-state index contributed by atoms with van der Waals surface area (Å²) in [5.41, 5.74) is 7.70. The molecule has 0 heterocycles. The van der Waals surface area contributed by atoms with Gasteiger partial charge in [-0.2, -0.15) is 0 Å². The summed E-state index contributed by atoms with van der Waals surface area (Å²) in [5, 5.41) is 0. The third-order valence-electron chi connectivity index (χ3n) is 3.01. The molecule has 0 bridgehead atoms. The number of rotatable bonds is 4. The molecular weight excluding hydrogens is 210 g/mol. The van der Waals surface area contributed by atoms with E-state index in [2.05, 4.69) is 20.8 Å². The molecule has 1 aromatic rings. The van der Waals surface area contributed by atoms with E-state index in [1.807, 2.05) is 31.2 Å². The molecule has 0 amide bonds. The Hall–Kier alpha value is -1.15. The second-order valence-corrected chi connectivity index (χ2v) is 5.80. The number of benzene rings is 1. The predicted octanol–water partition coefficient (Wildman–Crippen LogP) is 3.15. The maximum absolute atomic E-state index is 11.9. The minimum Gasteiger partial charge on any atom is -0.330 e. The molecular formula is C15H23NO. The highest BCUT2D eigenvalue weighted by atomic mass is 16.1. The Morgan fingerprint density at radius 3 is 2.18 bits per heavy atom. The predicted molar refractivity (Wildman–Crippen MR) is 72.3 cm³/mol. The van der Waals surface area contributed by atoms with Crippen LogP contribution in [-0.4, -0.2) is 12.3 Å². The first-order valence-corrected chi connectivity index (χ1v) is 6.18. The van der Waals surface area contributed by atoms with Gasteiger partial charge in [0.2, 0.25) is 0 Å². The molecule has 17 heavy (non-hydrogen) atoms. The summed E-state index contributed by atoms with van der Waals surface area (Å²) in [4.78, 5) is 11.9. The summed E-state index contributed by atoms with van der Waals surface area (Å²) >= 11 is 0. The van der Waals surface area contributed by atoms with Gasteiger partial charge in [0.1, 0.15) is 0 Å². The summed E-state index contributed by atoms with van der Waals surface area (Å²) in [7, 11) is 0. The van der Waals surface area contributed by atoms with Crippen molar-refractivity contribution in [3.63, 3.8) is 0 Å². The first-order valence-electron chi connectivity index (χ1n) is 6.18. The highest BCUT2D eigenvalue weighted by molar-refractivity contribution is 5.96. The summed E-state index contributed by atoms with van der Waals surface area (Å²) < 4.78 is 0. The van der Waals surface area contributed by atoms with Gasteiger partial charge in [-0.05, 0) is 23.4 Å². The monoisotopic (exact) mass is 233 g/mol. The number of hydrogen-bond acceptors (Lipinski definition) is 2. The third kappa shape index (κ3) is 3.97. The zero-order chi connectivity index (χ0) is 13.1. The Morgan fingerprint density at radius 1 is 1.24 bits per heavy atom. The number of carbonyl (C=O) groups excluding carboxylic acids is 1. The van der Waals surface area contributed by atoms with Crippen LogP contribution in [0.2, 0.25) is 0 Å². The van der Waals surface area contributed by atoms with Gasteiger partial charge in [0, 0.05) is 12.0 Å². The van der Waals surface area contributed by atoms with Gasteiger partial charge < -0.3 is 5.73 Å². The normalized spacial score (nSPS) is 13.5. The van der Waals surface area contributed by atoms with Crippen LogP contribution in [0.1, 0.15) is 50.0 Å². The van der Waals surface area contributed by atoms with Gasteiger partial charge in [-0.25, -0.2) is 0 Å². The van der Waals surface area contributed by atoms with Gasteiger partial charge in [0.25, 0.3) is 0 Å². The molecule has 1 unspecified atom stereocenters. The molecule has 2 heteroatoms. The van der Waals surface area contributed by atoms with Crippen molar-refractivity contribution >= 4 is 5.78 Å². The van der Waals surface area contributed by atoms with Gasteiger partial charge in [0.05, 0.1) is 0 Å². The molecule has 0 saturated carbocycles. The average Bonchev–Trinajstić information content (AvgIpc) is 2.27. The molecule has 1 aromatic carbocycles. The van der Waals surface area contributed by atoms with E-state index in [0.29, 0.717) is 13.0 Å². The lowest BCUT2D eigenvalue weighted by atomic mass is 9.86. The molecule has 0 fully saturated rings. The Kier molecular flexibility index (Phi) is 4.47. The van der Waals surface area contributed by atoms with Crippen LogP contribution in [0.25, 0.3) is 0 Å². The number of nitrogens with two attached hydrogens (primary N) is 1. The molecule has 0 aromatic heterocycles. The fourth-order valence-corrected chi connectivity index (χ4v) is 1.67. The second-order valence-electron chi connectivity index (χ2n) is 5.80. The van der Waals surface area contributed by atoms with E-state index in [9.17, 15) is 4.79 Å². The van der Waals surface area contributed by atoms with Crippen molar-refractivity contribution in [1.82, 2.24) is 0 Å². The number of ketones is 1. The maximum Gasteiger partial charge on any atom is 0.163 e. The Bertz CT molecular complexity index is 373. The molecule has 0 radical (unpaired) electrons. The van der Waals surface area contributed by atoms with Crippen LogP contribution < -0.4 is 5.73 Å². The van der Waals surface area contributed by atoms with Crippen molar-refractivity contribution in [2.45, 2.75) is 39.5 Å². The molecule has 1 rings (SSSR count). The summed E-state index contributed by atoms with van der Waals surface area (Å²) in [6.45, 7) is 9.06. The molecule has 2 nitrogen and oxygen atoms in total. The first kappa shape index (κ1) is 13.9. The van der Waals surface area contributed by atoms with Gasteiger partial charge in [-0.1, -0.05) is 52.0 Å². The van der Waals surface area contributed by atoms with Gasteiger partial charge in [0.15, 0.2) is 5.78 Å². The topological polar surface area (TPSA) is 43.1 Å². The van der Waals surface area contributed by atoms with Crippen LogP contribution in [0.15, 0.2) is 24.3 Å². The van der Waals surface area contributed by atoms with E-state index in [-0.39, 0.29) is 17.1 Å². The maximum atomic E-state index is 11.9. The van der Waals surface area contributed by atoms with Crippen molar-refractivity contribution in [3.05, 3.63) is 35.4 Å². The fraction of sp³-hybridized carbons (Fsp3) is 0.533. The first-order chi connectivity index (χ1) is 7.84. The van der Waals surface area contributed by atoms with Gasteiger partial charge in [-0.15, -0.1) is 0 Å². The Morgan fingerprint density at radius 2 is 1.76 bits per heavy atom. The van der Waals surface area contributed by atoms with Crippen molar-refractivity contribution in [1.29, 1.82) is 0 Å². The minimum atomic E-state index is 0.131. The van der Waals surface area contributed by atoms with E-state index in [0.717, 1.165) is 5.56 Å². The van der Waals surface area contributed by atoms with Crippen molar-refractivity contribution in [2.24, 2.45) is 11.7 Å². The molecule has 0 saturated heterocycles. The van der Waals surface area contributed by atoms with Crippen LogP contribution in [-0.2, 0) is 5.41 Å². The molecule has 2 N–H and O–H groups in total. The minimum absolute atomic E-state index is 0.131. The lowest BCUT2D eigenvalue weighted by molar-refractivity contribution is 0.0966. The Labute approximate surface area is 104 Å². The molecule has 1 atom stereocenters. The molecule has 94 valence electrons. The van der Waals surface area contributed by atoms with E-state index >= 15 is 0 Å². The molecule has 0 spiro atoms. The highest BCUT2D eigenvalue weighted by Gasteiger charge is 2.15. The van der Waals surface area contributed by atoms with Crippen molar-refractivity contribution in [3.8, 4) is 0 Å². The zero-order valence-electron chi connectivity index (χ0n) is 11.3. The molecule has 0 aliphatic rings. The second kappa shape index (κ2) is 5.46. The summed E-state index contributed by atoms with van der Waals surface area (Å²) in [6.07, 6.45) is 0.533. The van der Waals surface area contributed by atoms with Gasteiger partial charge in [-0.3, -0.25) is 4.79 Å². The average molecular weight is 233 g/mol. The number of hydrogen-bond donors (Lipinski definition) is 1. The molecule has 0 aliphatic heterocycles. The standard InChI is InChI=1S/C15H23NO/c1-11(10-16)9-14(17)12-5-7-13(8-6-12)15(2,3)4/h5-8,11H,9-10,16H2,1-4H3. The molecule has 0 aliphatic carbocycles. The lowest BCUT2D eigenvalue weighted by Gasteiger charge is -2.19. The van der Waals surface area contributed by atoms with Gasteiger partial charge >= 0.3 is 0 Å². The number of Topliss-reactive ketones (excluding diaryl/α,β-unsaturated/α-hetero) is 1. The van der Waals surface area contributed by atoms with Crippen LogP contribution in [0, 0.1) is 5.92 Å². The Balaban J connectivity index is 2.78. The van der Waals surface area contributed by atoms with E-state index in [4.69, 9.17) is 5.73 Å². The highest BCUT2D eigenvalue weighted by Crippen LogP contribution is 2.22. The largest absolute Gasteiger partial charge is 0.330 e. The van der Waals surface area contributed by atoms with Crippen molar-refractivity contribution < 1.29 is 4.79 Å². The zero-order valence-corrected chi connectivity index (χ0v) is 11.3. The van der Waals surface area contributed by atoms with E-state index < -0.39 is 0 Å². The van der Waals surface area contributed by atoms with Crippen LogP contribution >= 0.6 is 0 Å². The third-order valence-corrected chi connectivity index (χ3v) is 3.01. The fourth-order valence-electron chi connectivity index (χ4n) is 1.67.